The van der Waals surface area contributed by atoms with Gasteiger partial charge in [-0.25, -0.2) is 9.78 Å². The summed E-state index contributed by atoms with van der Waals surface area (Å²) in [5.41, 5.74) is 0.965. The van der Waals surface area contributed by atoms with Crippen LogP contribution in [0.5, 0.6) is 0 Å². The second kappa shape index (κ2) is 4.98. The molecule has 2 nitrogen and oxygen atoms in total. The highest BCUT2D eigenvalue weighted by Crippen LogP contribution is 2.23. The Labute approximate surface area is 98.5 Å². The maximum absolute atomic E-state index is 5.32. The third-order valence-corrected chi connectivity index (χ3v) is 2.28. The lowest BCUT2D eigenvalue weighted by atomic mass is 9.86. The molecule has 0 saturated carbocycles. The van der Waals surface area contributed by atoms with Gasteiger partial charge in [0.25, 0.3) is 0 Å². The van der Waals surface area contributed by atoms with Crippen molar-refractivity contribution in [2.24, 2.45) is 0 Å². The van der Waals surface area contributed by atoms with E-state index < -0.39 is 0 Å². The molecule has 90 valence electrons. The Morgan fingerprint density at radius 3 is 2.00 bits per heavy atom. The molecule has 0 aromatic heterocycles. The van der Waals surface area contributed by atoms with Gasteiger partial charge in [0.05, 0.1) is 12.2 Å². The monoisotopic (exact) mass is 222 g/mol. The van der Waals surface area contributed by atoms with Crippen molar-refractivity contribution in [3.05, 3.63) is 35.9 Å². The average Bonchev–Trinajstić information content (AvgIpc) is 2.17. The second-order valence-corrected chi connectivity index (χ2v) is 5.71. The zero-order chi connectivity index (χ0) is 12.2. The van der Waals surface area contributed by atoms with E-state index in [-0.39, 0.29) is 11.0 Å². The lowest BCUT2D eigenvalue weighted by Gasteiger charge is -2.26. The highest BCUT2D eigenvalue weighted by atomic mass is 17.2. The molecule has 0 bridgehead atoms. The van der Waals surface area contributed by atoms with Crippen molar-refractivity contribution in [3.63, 3.8) is 0 Å². The third kappa shape index (κ3) is 4.33. The molecular weight excluding hydrogens is 200 g/mol. The maximum Gasteiger partial charge on any atom is 0.0952 e. The SMILES string of the molecule is CC(C)(C)OOCC(C)(C)c1ccccc1. The van der Waals surface area contributed by atoms with Gasteiger partial charge >= 0.3 is 0 Å². The van der Waals surface area contributed by atoms with Crippen LogP contribution in [0.25, 0.3) is 0 Å². The first kappa shape index (κ1) is 13.2. The Hall–Kier alpha value is -0.860. The van der Waals surface area contributed by atoms with Crippen LogP contribution in [0, 0.1) is 0 Å². The minimum atomic E-state index is -0.257. The predicted octanol–water partition coefficient (Wildman–Crippen LogP) is 3.71. The van der Waals surface area contributed by atoms with E-state index in [0.29, 0.717) is 6.61 Å². The maximum atomic E-state index is 5.32. The van der Waals surface area contributed by atoms with E-state index in [9.17, 15) is 0 Å². The Bertz CT molecular complexity index is 309. The van der Waals surface area contributed by atoms with Crippen LogP contribution in [0.2, 0.25) is 0 Å². The molecule has 0 spiro atoms. The Morgan fingerprint density at radius 2 is 1.50 bits per heavy atom. The summed E-state index contributed by atoms with van der Waals surface area (Å²) in [6.45, 7) is 10.8. The molecule has 2 heteroatoms. The van der Waals surface area contributed by atoms with Gasteiger partial charge in [-0.2, -0.15) is 0 Å². The van der Waals surface area contributed by atoms with Crippen molar-refractivity contribution in [2.45, 2.75) is 45.6 Å². The molecule has 1 rings (SSSR count). The Kier molecular flexibility index (Phi) is 4.11. The summed E-state index contributed by atoms with van der Waals surface area (Å²) in [6.07, 6.45) is 0. The molecular formula is C14H22O2. The van der Waals surface area contributed by atoms with Crippen molar-refractivity contribution in [1.29, 1.82) is 0 Å². The Morgan fingerprint density at radius 1 is 0.938 bits per heavy atom. The van der Waals surface area contributed by atoms with Gasteiger partial charge in [-0.1, -0.05) is 44.2 Å². The molecule has 0 aliphatic carbocycles. The fourth-order valence-corrected chi connectivity index (χ4v) is 1.33. The normalized spacial score (nSPS) is 12.8. The lowest BCUT2D eigenvalue weighted by molar-refractivity contribution is -0.354. The number of rotatable bonds is 4. The first-order chi connectivity index (χ1) is 7.31. The van der Waals surface area contributed by atoms with Crippen LogP contribution in [-0.4, -0.2) is 12.2 Å². The smallest absolute Gasteiger partial charge is 0.0952 e. The standard InChI is InChI=1S/C14H22O2/c1-13(2,3)16-15-11-14(4,5)12-9-7-6-8-10-12/h6-10H,11H2,1-5H3. The van der Waals surface area contributed by atoms with Gasteiger partial charge in [-0.15, -0.1) is 0 Å². The summed E-state index contributed by atoms with van der Waals surface area (Å²) >= 11 is 0. The summed E-state index contributed by atoms with van der Waals surface area (Å²) in [4.78, 5) is 10.6. The summed E-state index contributed by atoms with van der Waals surface area (Å²) in [5, 5.41) is 0. The first-order valence-electron chi connectivity index (χ1n) is 5.67. The molecule has 16 heavy (non-hydrogen) atoms. The zero-order valence-corrected chi connectivity index (χ0v) is 10.9. The minimum absolute atomic E-state index is 0.0352. The molecule has 0 radical (unpaired) electrons. The third-order valence-electron chi connectivity index (χ3n) is 2.28. The van der Waals surface area contributed by atoms with E-state index >= 15 is 0 Å². The fourth-order valence-electron chi connectivity index (χ4n) is 1.33. The molecule has 0 amide bonds. The fraction of sp³-hybridized carbons (Fsp3) is 0.571. The largest absolute Gasteiger partial charge is 0.235 e. The molecule has 0 heterocycles. The number of hydrogen-bond acceptors (Lipinski definition) is 2. The Balaban J connectivity index is 2.53. The van der Waals surface area contributed by atoms with Crippen molar-refractivity contribution >= 4 is 0 Å². The summed E-state index contributed by atoms with van der Waals surface area (Å²) in [6, 6.07) is 10.3. The summed E-state index contributed by atoms with van der Waals surface area (Å²) in [5.74, 6) is 0. The van der Waals surface area contributed by atoms with Gasteiger partial charge < -0.3 is 0 Å². The van der Waals surface area contributed by atoms with E-state index in [0.717, 1.165) is 0 Å². The molecule has 0 N–H and O–H groups in total. The van der Waals surface area contributed by atoms with Crippen LogP contribution >= 0.6 is 0 Å². The molecule has 0 unspecified atom stereocenters. The van der Waals surface area contributed by atoms with Gasteiger partial charge in [-0.05, 0) is 26.3 Å². The van der Waals surface area contributed by atoms with Crippen molar-refractivity contribution in [2.75, 3.05) is 6.61 Å². The van der Waals surface area contributed by atoms with Gasteiger partial charge in [0.2, 0.25) is 0 Å². The summed E-state index contributed by atoms with van der Waals surface area (Å²) in [7, 11) is 0. The van der Waals surface area contributed by atoms with Crippen molar-refractivity contribution in [3.8, 4) is 0 Å². The molecule has 0 aliphatic rings. The highest BCUT2D eigenvalue weighted by molar-refractivity contribution is 5.23. The minimum Gasteiger partial charge on any atom is -0.235 e. The van der Waals surface area contributed by atoms with Gasteiger partial charge in [-0.3, -0.25) is 0 Å². The zero-order valence-electron chi connectivity index (χ0n) is 10.9. The van der Waals surface area contributed by atoms with Crippen molar-refractivity contribution < 1.29 is 9.78 Å². The number of benzene rings is 1. The van der Waals surface area contributed by atoms with E-state index in [1.54, 1.807) is 0 Å². The second-order valence-electron chi connectivity index (χ2n) is 5.71. The topological polar surface area (TPSA) is 18.5 Å². The first-order valence-corrected chi connectivity index (χ1v) is 5.67. The van der Waals surface area contributed by atoms with Gasteiger partial charge in [0.15, 0.2) is 0 Å². The highest BCUT2D eigenvalue weighted by Gasteiger charge is 2.22. The lowest BCUT2D eigenvalue weighted by Crippen LogP contribution is -2.28. The quantitative estimate of drug-likeness (QED) is 0.571. The molecule has 1 aromatic rings. The van der Waals surface area contributed by atoms with Gasteiger partial charge in [0, 0.05) is 5.41 Å². The van der Waals surface area contributed by atoms with Crippen LogP contribution in [0.3, 0.4) is 0 Å². The van der Waals surface area contributed by atoms with Crippen LogP contribution in [-0.2, 0) is 15.2 Å². The number of hydrogen-bond donors (Lipinski definition) is 0. The van der Waals surface area contributed by atoms with Gasteiger partial charge in [0.1, 0.15) is 0 Å². The van der Waals surface area contributed by atoms with Crippen LogP contribution in [0.4, 0.5) is 0 Å². The van der Waals surface area contributed by atoms with E-state index in [4.69, 9.17) is 9.78 Å². The van der Waals surface area contributed by atoms with Crippen LogP contribution in [0.1, 0.15) is 40.2 Å². The van der Waals surface area contributed by atoms with E-state index in [2.05, 4.69) is 26.0 Å². The summed E-state index contributed by atoms with van der Waals surface area (Å²) < 4.78 is 0. The average molecular weight is 222 g/mol. The van der Waals surface area contributed by atoms with Crippen molar-refractivity contribution in [1.82, 2.24) is 0 Å². The van der Waals surface area contributed by atoms with Crippen LogP contribution < -0.4 is 0 Å². The predicted molar refractivity (Wildman–Crippen MR) is 66.3 cm³/mol. The molecule has 0 fully saturated rings. The van der Waals surface area contributed by atoms with Crippen LogP contribution in [0.15, 0.2) is 30.3 Å². The molecule has 1 aromatic carbocycles. The molecule has 0 aliphatic heterocycles. The van der Waals surface area contributed by atoms with E-state index in [1.165, 1.54) is 5.56 Å². The molecule has 0 saturated heterocycles. The molecule has 0 atom stereocenters. The van der Waals surface area contributed by atoms with E-state index in [1.807, 2.05) is 39.0 Å².